The zero-order valence-corrected chi connectivity index (χ0v) is 2.77. The third kappa shape index (κ3) is 3.86. The second-order valence-electron chi connectivity index (χ2n) is 0.768. The van der Waals surface area contributed by atoms with Crippen LogP contribution in [0.2, 0.25) is 0 Å². The summed E-state index contributed by atoms with van der Waals surface area (Å²) in [6, 6.07) is 0. The number of rotatable bonds is 1. The maximum Gasteiger partial charge on any atom is 0.550 e. The molecule has 0 saturated heterocycles. The summed E-state index contributed by atoms with van der Waals surface area (Å²) < 4.78 is 0. The molecule has 0 aromatic carbocycles. The molecule has 0 aliphatic rings. The smallest absolute Gasteiger partial charge is 0.532 e. The molecule has 0 bridgehead atoms. The first-order chi connectivity index (χ1) is 2.56. The van der Waals surface area contributed by atoms with Crippen LogP contribution >= 0.6 is 0 Å². The molecule has 0 radical (unpaired) electrons. The first-order valence-electron chi connectivity index (χ1n) is 1.19. The lowest BCUT2D eigenvalue weighted by Crippen LogP contribution is -2.37. The molecule has 0 heterocycles. The molecule has 0 fully saturated rings. The maximum atomic E-state index is 7.53. The molecule has 0 aliphatic carbocycles. The Labute approximate surface area is 33.4 Å². The minimum atomic E-state index is -3.93. The molecule has 6 heavy (non-hydrogen) atoms. The van der Waals surface area contributed by atoms with Crippen molar-refractivity contribution in [2.24, 2.45) is 0 Å². The molecule has 6 heteroatoms. The predicted molar refractivity (Wildman–Crippen MR) is 16.1 cm³/mol. The molecule has 5 nitrogen and oxygen atoms in total. The standard InChI is InChI=1S/BH4O5/c2-1(3,4)6-5/h2-5H/q-1. The second-order valence-corrected chi connectivity index (χ2v) is 0.768. The fourth-order valence-corrected chi connectivity index (χ4v) is 0. The van der Waals surface area contributed by atoms with Crippen molar-refractivity contribution in [2.45, 2.75) is 0 Å². The molecular formula is H4BO5-. The summed E-state index contributed by atoms with van der Waals surface area (Å²) in [5, 5.41) is 29.8. The van der Waals surface area contributed by atoms with Crippen LogP contribution in [0.3, 0.4) is 0 Å². The van der Waals surface area contributed by atoms with E-state index in [4.69, 9.17) is 20.3 Å². The summed E-state index contributed by atoms with van der Waals surface area (Å²) >= 11 is 0. The molecule has 0 spiro atoms. The molecule has 4 N–H and O–H groups in total. The first-order valence-corrected chi connectivity index (χ1v) is 1.19. The Morgan fingerprint density at radius 3 is 1.33 bits per heavy atom. The highest BCUT2D eigenvalue weighted by Crippen LogP contribution is 1.79. The zero-order valence-electron chi connectivity index (χ0n) is 2.77. The number of hydrogen-bond acceptors (Lipinski definition) is 5. The normalized spacial score (nSPS) is 12.0. The summed E-state index contributed by atoms with van der Waals surface area (Å²) in [6.07, 6.45) is 0. The third-order valence-corrected chi connectivity index (χ3v) is 0.141. The van der Waals surface area contributed by atoms with Crippen LogP contribution in [0.25, 0.3) is 0 Å². The van der Waals surface area contributed by atoms with E-state index in [-0.39, 0.29) is 0 Å². The molecule has 0 unspecified atom stereocenters. The van der Waals surface area contributed by atoms with Crippen LogP contribution in [0.15, 0.2) is 0 Å². The molecule has 0 rings (SSSR count). The van der Waals surface area contributed by atoms with Gasteiger partial charge in [0, 0.05) is 0 Å². The van der Waals surface area contributed by atoms with Crippen LogP contribution in [0, 0.1) is 0 Å². The lowest BCUT2D eigenvalue weighted by Gasteiger charge is -2.14. The number of hydrogen-bond donors (Lipinski definition) is 4. The van der Waals surface area contributed by atoms with Gasteiger partial charge in [-0.3, -0.25) is 5.26 Å². The fraction of sp³-hybridized carbons (Fsp3) is 0. The Morgan fingerprint density at radius 1 is 1.17 bits per heavy atom. The fourth-order valence-electron chi connectivity index (χ4n) is 0. The molecular weight excluding hydrogens is 90.8 g/mol. The van der Waals surface area contributed by atoms with E-state index in [0.29, 0.717) is 0 Å². The van der Waals surface area contributed by atoms with Gasteiger partial charge in [-0.25, -0.2) is 0 Å². The van der Waals surface area contributed by atoms with Gasteiger partial charge in [-0.1, -0.05) is 0 Å². The highest BCUT2D eigenvalue weighted by Gasteiger charge is 2.15. The highest BCUT2D eigenvalue weighted by molar-refractivity contribution is 6.48. The Balaban J connectivity index is 3.17. The molecule has 0 amide bonds. The van der Waals surface area contributed by atoms with E-state index >= 15 is 0 Å². The van der Waals surface area contributed by atoms with E-state index in [1.807, 2.05) is 0 Å². The minimum absolute atomic E-state index is 2.67. The van der Waals surface area contributed by atoms with Crippen molar-refractivity contribution < 1.29 is 25.1 Å². The first kappa shape index (κ1) is 5.86. The summed E-state index contributed by atoms with van der Waals surface area (Å²) in [7, 11) is 0. The van der Waals surface area contributed by atoms with Crippen molar-refractivity contribution in [1.82, 2.24) is 0 Å². The van der Waals surface area contributed by atoms with Gasteiger partial charge in [0.25, 0.3) is 0 Å². The van der Waals surface area contributed by atoms with E-state index in [1.165, 1.54) is 0 Å². The van der Waals surface area contributed by atoms with Gasteiger partial charge < -0.3 is 19.9 Å². The van der Waals surface area contributed by atoms with E-state index in [1.54, 1.807) is 0 Å². The van der Waals surface area contributed by atoms with Crippen LogP contribution in [0.4, 0.5) is 0 Å². The van der Waals surface area contributed by atoms with Crippen molar-refractivity contribution in [1.29, 1.82) is 0 Å². The monoisotopic (exact) mass is 95.0 g/mol. The van der Waals surface area contributed by atoms with E-state index in [9.17, 15) is 0 Å². The molecule has 0 aromatic heterocycles. The van der Waals surface area contributed by atoms with Crippen LogP contribution in [-0.2, 0) is 4.81 Å². The largest absolute Gasteiger partial charge is 0.550 e. The minimum Gasteiger partial charge on any atom is -0.532 e. The molecule has 0 aromatic rings. The van der Waals surface area contributed by atoms with Crippen molar-refractivity contribution in [3.63, 3.8) is 0 Å². The molecule has 38 valence electrons. The van der Waals surface area contributed by atoms with Gasteiger partial charge in [-0.05, 0) is 0 Å². The van der Waals surface area contributed by atoms with Crippen molar-refractivity contribution >= 4 is 6.96 Å². The SMILES string of the molecule is OO[B-](O)(O)O. The van der Waals surface area contributed by atoms with Crippen LogP contribution in [-0.4, -0.2) is 27.3 Å². The summed E-state index contributed by atoms with van der Waals surface area (Å²) in [6.45, 7) is -3.93. The molecule has 0 saturated carbocycles. The van der Waals surface area contributed by atoms with Gasteiger partial charge >= 0.3 is 6.96 Å². The zero-order chi connectivity index (χ0) is 5.21. The van der Waals surface area contributed by atoms with Gasteiger partial charge in [0.2, 0.25) is 0 Å². The molecule has 0 aliphatic heterocycles. The highest BCUT2D eigenvalue weighted by atomic mass is 17.1. The topological polar surface area (TPSA) is 90.2 Å². The average molecular weight is 94.8 g/mol. The van der Waals surface area contributed by atoms with Gasteiger partial charge in [-0.2, -0.15) is 0 Å². The lowest BCUT2D eigenvalue weighted by molar-refractivity contribution is -0.209. The Bertz CT molecular complexity index is 33.7. The van der Waals surface area contributed by atoms with Crippen LogP contribution in [0.5, 0.6) is 0 Å². The lowest BCUT2D eigenvalue weighted by atomic mass is 10.1. The van der Waals surface area contributed by atoms with E-state index in [0.717, 1.165) is 0 Å². The second kappa shape index (κ2) is 1.54. The van der Waals surface area contributed by atoms with E-state index in [2.05, 4.69) is 4.81 Å². The third-order valence-electron chi connectivity index (χ3n) is 0.141. The maximum absolute atomic E-state index is 7.53. The van der Waals surface area contributed by atoms with Gasteiger partial charge in [0.15, 0.2) is 0 Å². The Morgan fingerprint density at radius 2 is 1.33 bits per heavy atom. The van der Waals surface area contributed by atoms with Crippen LogP contribution < -0.4 is 0 Å². The summed E-state index contributed by atoms with van der Waals surface area (Å²) in [5.74, 6) is 0. The molecule has 0 atom stereocenters. The summed E-state index contributed by atoms with van der Waals surface area (Å²) in [5.41, 5.74) is 0. The average Bonchev–Trinajstić information content (AvgIpc) is 1.35. The van der Waals surface area contributed by atoms with Gasteiger partial charge in [0.1, 0.15) is 0 Å². The summed E-state index contributed by atoms with van der Waals surface area (Å²) in [4.78, 5) is 2.67. The quantitative estimate of drug-likeness (QED) is 0.170. The van der Waals surface area contributed by atoms with Crippen molar-refractivity contribution in [3.8, 4) is 0 Å². The van der Waals surface area contributed by atoms with Crippen molar-refractivity contribution in [2.75, 3.05) is 0 Å². The van der Waals surface area contributed by atoms with Gasteiger partial charge in [-0.15, -0.1) is 0 Å². The van der Waals surface area contributed by atoms with Crippen LogP contribution in [0.1, 0.15) is 0 Å². The van der Waals surface area contributed by atoms with E-state index < -0.39 is 6.96 Å². The Hall–Kier alpha value is -0.135. The Kier molecular flexibility index (Phi) is 1.51. The predicted octanol–water partition coefficient (Wildman–Crippen LogP) is -2.11. The van der Waals surface area contributed by atoms with Gasteiger partial charge in [0.05, 0.1) is 0 Å². The van der Waals surface area contributed by atoms with Crippen molar-refractivity contribution in [3.05, 3.63) is 0 Å².